The molecule has 0 unspecified atom stereocenters. The zero-order valence-corrected chi connectivity index (χ0v) is 10.7. The minimum absolute atomic E-state index is 0.810. The van der Waals surface area contributed by atoms with Crippen LogP contribution in [-0.4, -0.2) is 4.98 Å². The number of hydrogen-bond acceptors (Lipinski definition) is 2. The molecule has 1 aromatic heterocycles. The second-order valence-electron chi connectivity index (χ2n) is 3.73. The Morgan fingerprint density at radius 3 is 2.88 bits per heavy atom. The molecule has 2 nitrogen and oxygen atoms in total. The van der Waals surface area contributed by atoms with Crippen molar-refractivity contribution < 1.29 is 0 Å². The number of anilines is 1. The van der Waals surface area contributed by atoms with Gasteiger partial charge in [0, 0.05) is 23.4 Å². The Labute approximate surface area is 104 Å². The maximum Gasteiger partial charge on any atom is 0.0532 e. The molecule has 0 saturated heterocycles. The molecule has 16 heavy (non-hydrogen) atoms. The molecule has 0 aliphatic heterocycles. The molecule has 0 fully saturated rings. The number of pyridine rings is 1. The summed E-state index contributed by atoms with van der Waals surface area (Å²) >= 11 is 3.46. The summed E-state index contributed by atoms with van der Waals surface area (Å²) < 4.78 is 1.11. The van der Waals surface area contributed by atoms with E-state index in [1.807, 2.05) is 31.5 Å². The fraction of sp³-hybridized carbons (Fsp3) is 0.154. The Bertz CT molecular complexity index is 437. The van der Waals surface area contributed by atoms with E-state index in [2.05, 4.69) is 44.4 Å². The first kappa shape index (κ1) is 11.1. The van der Waals surface area contributed by atoms with E-state index in [0.717, 1.165) is 16.7 Å². The molecule has 0 aliphatic rings. The lowest BCUT2D eigenvalue weighted by atomic mass is 10.2. The van der Waals surface area contributed by atoms with Crippen molar-refractivity contribution in [1.82, 2.24) is 4.98 Å². The van der Waals surface area contributed by atoms with Gasteiger partial charge in [-0.25, -0.2) is 0 Å². The topological polar surface area (TPSA) is 24.9 Å². The standard InChI is InChI=1S/C13H13BrN2/c1-10-5-13(9-15-7-10)16-8-11-3-2-4-12(14)6-11/h2-7,9,16H,8H2,1H3. The molecule has 0 radical (unpaired) electrons. The van der Waals surface area contributed by atoms with Gasteiger partial charge in [-0.3, -0.25) is 4.98 Å². The monoisotopic (exact) mass is 276 g/mol. The van der Waals surface area contributed by atoms with Gasteiger partial charge < -0.3 is 5.32 Å². The summed E-state index contributed by atoms with van der Waals surface area (Å²) in [6, 6.07) is 10.4. The molecule has 2 rings (SSSR count). The van der Waals surface area contributed by atoms with E-state index in [-0.39, 0.29) is 0 Å². The Kier molecular flexibility index (Phi) is 3.57. The zero-order valence-electron chi connectivity index (χ0n) is 9.07. The van der Waals surface area contributed by atoms with Gasteiger partial charge in [-0.1, -0.05) is 28.1 Å². The Balaban J connectivity index is 2.02. The van der Waals surface area contributed by atoms with Crippen LogP contribution in [-0.2, 0) is 6.54 Å². The highest BCUT2D eigenvalue weighted by molar-refractivity contribution is 9.10. The van der Waals surface area contributed by atoms with E-state index in [4.69, 9.17) is 0 Å². The molecular weight excluding hydrogens is 264 g/mol. The molecule has 0 aliphatic carbocycles. The average Bonchev–Trinajstić information content (AvgIpc) is 2.27. The van der Waals surface area contributed by atoms with Crippen molar-refractivity contribution in [3.63, 3.8) is 0 Å². The quantitative estimate of drug-likeness (QED) is 0.923. The van der Waals surface area contributed by atoms with E-state index in [9.17, 15) is 0 Å². The van der Waals surface area contributed by atoms with Gasteiger partial charge in [0.2, 0.25) is 0 Å². The fourth-order valence-corrected chi connectivity index (χ4v) is 1.95. The second kappa shape index (κ2) is 5.12. The van der Waals surface area contributed by atoms with Gasteiger partial charge in [0.15, 0.2) is 0 Å². The SMILES string of the molecule is Cc1cncc(NCc2cccc(Br)c2)c1. The summed E-state index contributed by atoms with van der Waals surface area (Å²) in [7, 11) is 0. The highest BCUT2D eigenvalue weighted by atomic mass is 79.9. The van der Waals surface area contributed by atoms with Gasteiger partial charge in [-0.15, -0.1) is 0 Å². The van der Waals surface area contributed by atoms with Crippen LogP contribution in [0.5, 0.6) is 0 Å². The van der Waals surface area contributed by atoms with Crippen molar-refractivity contribution in [2.24, 2.45) is 0 Å². The average molecular weight is 277 g/mol. The lowest BCUT2D eigenvalue weighted by Crippen LogP contribution is -1.99. The van der Waals surface area contributed by atoms with Gasteiger partial charge >= 0.3 is 0 Å². The molecule has 0 atom stereocenters. The predicted molar refractivity (Wildman–Crippen MR) is 70.4 cm³/mol. The van der Waals surface area contributed by atoms with E-state index in [0.29, 0.717) is 0 Å². The van der Waals surface area contributed by atoms with Crippen molar-refractivity contribution in [2.45, 2.75) is 13.5 Å². The van der Waals surface area contributed by atoms with Crippen LogP contribution in [0.1, 0.15) is 11.1 Å². The lowest BCUT2D eigenvalue weighted by molar-refractivity contribution is 1.13. The number of aryl methyl sites for hydroxylation is 1. The largest absolute Gasteiger partial charge is 0.380 e. The third kappa shape index (κ3) is 3.07. The first-order chi connectivity index (χ1) is 7.74. The summed E-state index contributed by atoms with van der Waals surface area (Å²) in [5, 5.41) is 3.35. The van der Waals surface area contributed by atoms with Crippen molar-refractivity contribution >= 4 is 21.6 Å². The predicted octanol–water partition coefficient (Wildman–Crippen LogP) is 3.76. The molecule has 82 valence electrons. The van der Waals surface area contributed by atoms with Gasteiger partial charge in [-0.05, 0) is 36.2 Å². The van der Waals surface area contributed by atoms with Crippen LogP contribution >= 0.6 is 15.9 Å². The maximum atomic E-state index is 4.14. The maximum absolute atomic E-state index is 4.14. The number of aromatic nitrogens is 1. The van der Waals surface area contributed by atoms with Crippen LogP contribution < -0.4 is 5.32 Å². The van der Waals surface area contributed by atoms with E-state index in [1.165, 1.54) is 11.1 Å². The molecule has 0 amide bonds. The smallest absolute Gasteiger partial charge is 0.0532 e. The molecule has 0 saturated carbocycles. The Hall–Kier alpha value is -1.35. The van der Waals surface area contributed by atoms with Crippen molar-refractivity contribution in [3.8, 4) is 0 Å². The normalized spacial score (nSPS) is 10.1. The number of benzene rings is 1. The first-order valence-corrected chi connectivity index (χ1v) is 5.93. The van der Waals surface area contributed by atoms with Gasteiger partial charge in [0.05, 0.1) is 5.69 Å². The van der Waals surface area contributed by atoms with E-state index >= 15 is 0 Å². The lowest BCUT2D eigenvalue weighted by Gasteiger charge is -2.06. The molecule has 1 heterocycles. The Morgan fingerprint density at radius 1 is 1.25 bits per heavy atom. The number of nitrogens with zero attached hydrogens (tertiary/aromatic N) is 1. The van der Waals surface area contributed by atoms with Gasteiger partial charge in [0.25, 0.3) is 0 Å². The number of rotatable bonds is 3. The van der Waals surface area contributed by atoms with E-state index < -0.39 is 0 Å². The van der Waals surface area contributed by atoms with Crippen LogP contribution in [0.25, 0.3) is 0 Å². The number of nitrogens with one attached hydrogen (secondary N) is 1. The highest BCUT2D eigenvalue weighted by Crippen LogP contribution is 2.14. The van der Waals surface area contributed by atoms with Crippen LogP contribution in [0.15, 0.2) is 47.2 Å². The van der Waals surface area contributed by atoms with Gasteiger partial charge in [0.1, 0.15) is 0 Å². The van der Waals surface area contributed by atoms with Crippen LogP contribution in [0, 0.1) is 6.92 Å². The van der Waals surface area contributed by atoms with Gasteiger partial charge in [-0.2, -0.15) is 0 Å². The summed E-state index contributed by atoms with van der Waals surface area (Å²) in [4.78, 5) is 4.14. The van der Waals surface area contributed by atoms with Crippen LogP contribution in [0.3, 0.4) is 0 Å². The minimum Gasteiger partial charge on any atom is -0.380 e. The molecule has 2 aromatic rings. The van der Waals surface area contributed by atoms with Crippen LogP contribution in [0.4, 0.5) is 5.69 Å². The number of halogens is 1. The third-order valence-electron chi connectivity index (χ3n) is 2.26. The first-order valence-electron chi connectivity index (χ1n) is 5.14. The molecule has 1 aromatic carbocycles. The molecule has 0 bridgehead atoms. The summed E-state index contributed by atoms with van der Waals surface area (Å²) in [6.07, 6.45) is 3.69. The van der Waals surface area contributed by atoms with Crippen molar-refractivity contribution in [2.75, 3.05) is 5.32 Å². The van der Waals surface area contributed by atoms with Crippen LogP contribution in [0.2, 0.25) is 0 Å². The second-order valence-corrected chi connectivity index (χ2v) is 4.65. The summed E-state index contributed by atoms with van der Waals surface area (Å²) in [5.41, 5.74) is 3.47. The third-order valence-corrected chi connectivity index (χ3v) is 2.75. The zero-order chi connectivity index (χ0) is 11.4. The highest BCUT2D eigenvalue weighted by Gasteiger charge is 1.95. The van der Waals surface area contributed by atoms with Crippen molar-refractivity contribution in [1.29, 1.82) is 0 Å². The van der Waals surface area contributed by atoms with Crippen molar-refractivity contribution in [3.05, 3.63) is 58.3 Å². The summed E-state index contributed by atoms with van der Waals surface area (Å²) in [6.45, 7) is 2.85. The molecule has 0 spiro atoms. The minimum atomic E-state index is 0.810. The molecule has 3 heteroatoms. The Morgan fingerprint density at radius 2 is 2.12 bits per heavy atom. The fourth-order valence-electron chi connectivity index (χ4n) is 1.50. The summed E-state index contributed by atoms with van der Waals surface area (Å²) in [5.74, 6) is 0. The number of hydrogen-bond donors (Lipinski definition) is 1. The molecular formula is C13H13BrN2. The molecule has 1 N–H and O–H groups in total. The van der Waals surface area contributed by atoms with E-state index in [1.54, 1.807) is 0 Å².